The van der Waals surface area contributed by atoms with E-state index in [1.807, 2.05) is 0 Å². The lowest BCUT2D eigenvalue weighted by molar-refractivity contribution is 1.04. The molecule has 0 atom stereocenters. The Hall–Kier alpha value is -0.710. The van der Waals surface area contributed by atoms with Gasteiger partial charge >= 0.3 is 0 Å². The van der Waals surface area contributed by atoms with Crippen molar-refractivity contribution >= 4 is 22.7 Å². The number of thiazole rings is 1. The molecule has 0 radical (unpaired) electrons. The van der Waals surface area contributed by atoms with Crippen LogP contribution in [-0.4, -0.2) is 4.98 Å². The van der Waals surface area contributed by atoms with Gasteiger partial charge in [-0.15, -0.1) is 11.3 Å². The van der Waals surface area contributed by atoms with E-state index in [2.05, 4.69) is 28.7 Å². The Balaban J connectivity index is 2.46. The molecule has 0 aromatic carbocycles. The summed E-state index contributed by atoms with van der Waals surface area (Å²) in [5.74, 6) is 0. The number of rotatable bonds is 2. The average Bonchev–Trinajstić information content (AvgIpc) is 2.72. The summed E-state index contributed by atoms with van der Waals surface area (Å²) in [6.07, 6.45) is 0. The minimum Gasteiger partial charge on any atom is -0.325 e. The largest absolute Gasteiger partial charge is 0.325 e. The molecule has 2 aromatic heterocycles. The highest BCUT2D eigenvalue weighted by Crippen LogP contribution is 2.28. The molecule has 0 bridgehead atoms. The van der Waals surface area contributed by atoms with Crippen LogP contribution in [0.5, 0.6) is 0 Å². The van der Waals surface area contributed by atoms with E-state index in [4.69, 9.17) is 5.73 Å². The minimum absolute atomic E-state index is 0.537. The second-order valence-corrected chi connectivity index (χ2v) is 4.80. The Morgan fingerprint density at radius 2 is 2.38 bits per heavy atom. The van der Waals surface area contributed by atoms with Crippen molar-refractivity contribution in [1.82, 2.24) is 4.98 Å². The average molecular weight is 210 g/mol. The van der Waals surface area contributed by atoms with E-state index < -0.39 is 0 Å². The molecule has 68 valence electrons. The second kappa shape index (κ2) is 3.57. The van der Waals surface area contributed by atoms with Gasteiger partial charge in [-0.3, -0.25) is 0 Å². The van der Waals surface area contributed by atoms with Crippen LogP contribution < -0.4 is 5.73 Å². The van der Waals surface area contributed by atoms with Crippen LogP contribution in [0.3, 0.4) is 0 Å². The lowest BCUT2D eigenvalue weighted by Crippen LogP contribution is -1.94. The molecule has 0 fully saturated rings. The zero-order valence-corrected chi connectivity index (χ0v) is 8.91. The van der Waals surface area contributed by atoms with Gasteiger partial charge in [-0.2, -0.15) is 11.3 Å². The summed E-state index contributed by atoms with van der Waals surface area (Å²) in [5, 5.41) is 5.19. The van der Waals surface area contributed by atoms with Gasteiger partial charge in [0.2, 0.25) is 0 Å². The molecule has 0 unspecified atom stereocenters. The van der Waals surface area contributed by atoms with Gasteiger partial charge in [0.05, 0.1) is 5.69 Å². The van der Waals surface area contributed by atoms with Crippen molar-refractivity contribution in [2.45, 2.75) is 13.5 Å². The van der Waals surface area contributed by atoms with Crippen LogP contribution in [0.4, 0.5) is 0 Å². The summed E-state index contributed by atoms with van der Waals surface area (Å²) < 4.78 is 0. The van der Waals surface area contributed by atoms with Crippen LogP contribution in [0.15, 0.2) is 16.8 Å². The van der Waals surface area contributed by atoms with Crippen molar-refractivity contribution in [2.24, 2.45) is 5.73 Å². The van der Waals surface area contributed by atoms with Gasteiger partial charge in [0.1, 0.15) is 5.01 Å². The molecule has 2 N–H and O–H groups in total. The first kappa shape index (κ1) is 8.87. The Morgan fingerprint density at radius 1 is 1.54 bits per heavy atom. The van der Waals surface area contributed by atoms with Crippen LogP contribution in [0.1, 0.15) is 9.88 Å². The maximum Gasteiger partial charge on any atom is 0.107 e. The number of nitrogens with two attached hydrogens (primary N) is 1. The molecular formula is C9H10N2S2. The fourth-order valence-corrected chi connectivity index (χ4v) is 2.68. The third-order valence-corrected chi connectivity index (χ3v) is 3.49. The molecule has 0 aliphatic heterocycles. The van der Waals surface area contributed by atoms with Crippen molar-refractivity contribution < 1.29 is 0 Å². The molecule has 0 amide bonds. The van der Waals surface area contributed by atoms with Crippen LogP contribution in [0.25, 0.3) is 11.3 Å². The summed E-state index contributed by atoms with van der Waals surface area (Å²) in [6, 6.07) is 2.09. The Labute approximate surface area is 85.1 Å². The third kappa shape index (κ3) is 1.65. The number of hydrogen-bond acceptors (Lipinski definition) is 4. The predicted molar refractivity (Wildman–Crippen MR) is 58.1 cm³/mol. The maximum absolute atomic E-state index is 5.54. The maximum atomic E-state index is 5.54. The first-order chi connectivity index (χ1) is 6.31. The second-order valence-electron chi connectivity index (χ2n) is 2.73. The molecule has 13 heavy (non-hydrogen) atoms. The van der Waals surface area contributed by atoms with E-state index in [0.29, 0.717) is 6.54 Å². The summed E-state index contributed by atoms with van der Waals surface area (Å²) >= 11 is 3.37. The molecule has 2 nitrogen and oxygen atoms in total. The van der Waals surface area contributed by atoms with Gasteiger partial charge in [-0.1, -0.05) is 0 Å². The topological polar surface area (TPSA) is 38.9 Å². The first-order valence-corrected chi connectivity index (χ1v) is 5.76. The van der Waals surface area contributed by atoms with Crippen molar-refractivity contribution in [2.75, 3.05) is 0 Å². The molecule has 2 rings (SSSR count). The highest BCUT2D eigenvalue weighted by atomic mass is 32.1. The Kier molecular flexibility index (Phi) is 2.44. The van der Waals surface area contributed by atoms with Gasteiger partial charge in [-0.05, 0) is 18.4 Å². The standard InChI is InChI=1S/C9H10N2S2/c1-6-9(7-2-3-12-5-7)11-8(4-10)13-6/h2-3,5H,4,10H2,1H3. The molecule has 0 aliphatic rings. The van der Waals surface area contributed by atoms with Gasteiger partial charge in [0.25, 0.3) is 0 Å². The van der Waals surface area contributed by atoms with Gasteiger partial charge in [0, 0.05) is 22.4 Å². The highest BCUT2D eigenvalue weighted by Gasteiger charge is 2.08. The quantitative estimate of drug-likeness (QED) is 0.827. The van der Waals surface area contributed by atoms with Gasteiger partial charge < -0.3 is 5.73 Å². The minimum atomic E-state index is 0.537. The van der Waals surface area contributed by atoms with E-state index in [9.17, 15) is 0 Å². The SMILES string of the molecule is Cc1sc(CN)nc1-c1ccsc1. The van der Waals surface area contributed by atoms with E-state index in [1.165, 1.54) is 10.4 Å². The lowest BCUT2D eigenvalue weighted by Gasteiger charge is -1.90. The lowest BCUT2D eigenvalue weighted by atomic mass is 10.2. The van der Waals surface area contributed by atoms with Crippen molar-refractivity contribution in [3.63, 3.8) is 0 Å². The molecule has 0 saturated heterocycles. The smallest absolute Gasteiger partial charge is 0.107 e. The number of hydrogen-bond donors (Lipinski definition) is 1. The zero-order chi connectivity index (χ0) is 9.26. The van der Waals surface area contributed by atoms with E-state index in [1.54, 1.807) is 22.7 Å². The van der Waals surface area contributed by atoms with Crippen molar-refractivity contribution in [1.29, 1.82) is 0 Å². The molecule has 0 saturated carbocycles. The summed E-state index contributed by atoms with van der Waals surface area (Å²) in [6.45, 7) is 2.62. The Bertz CT molecular complexity index is 390. The van der Waals surface area contributed by atoms with Gasteiger partial charge in [-0.25, -0.2) is 4.98 Å². The first-order valence-electron chi connectivity index (χ1n) is 4.00. The summed E-state index contributed by atoms with van der Waals surface area (Å²) in [5.41, 5.74) is 7.83. The molecule has 4 heteroatoms. The van der Waals surface area contributed by atoms with Crippen LogP contribution in [-0.2, 0) is 6.54 Å². The number of aromatic nitrogens is 1. The predicted octanol–water partition coefficient (Wildman–Crippen LogP) is 2.64. The van der Waals surface area contributed by atoms with Crippen LogP contribution in [0, 0.1) is 6.92 Å². The number of aryl methyl sites for hydroxylation is 1. The molecule has 0 aliphatic carbocycles. The van der Waals surface area contributed by atoms with Crippen LogP contribution >= 0.6 is 22.7 Å². The fraction of sp³-hybridized carbons (Fsp3) is 0.222. The van der Waals surface area contributed by atoms with Gasteiger partial charge in [0.15, 0.2) is 0 Å². The van der Waals surface area contributed by atoms with Crippen molar-refractivity contribution in [3.05, 3.63) is 26.7 Å². The number of nitrogens with zero attached hydrogens (tertiary/aromatic N) is 1. The Morgan fingerprint density at radius 3 is 2.92 bits per heavy atom. The molecule has 0 spiro atoms. The summed E-state index contributed by atoms with van der Waals surface area (Å²) in [4.78, 5) is 5.72. The zero-order valence-electron chi connectivity index (χ0n) is 7.28. The van der Waals surface area contributed by atoms with E-state index in [0.717, 1.165) is 10.7 Å². The van der Waals surface area contributed by atoms with E-state index in [-0.39, 0.29) is 0 Å². The monoisotopic (exact) mass is 210 g/mol. The normalized spacial score (nSPS) is 10.6. The van der Waals surface area contributed by atoms with Crippen molar-refractivity contribution in [3.8, 4) is 11.3 Å². The molecular weight excluding hydrogens is 200 g/mol. The molecule has 2 aromatic rings. The fourth-order valence-electron chi connectivity index (χ4n) is 1.21. The third-order valence-electron chi connectivity index (χ3n) is 1.81. The number of thiophene rings is 1. The van der Waals surface area contributed by atoms with Crippen LogP contribution in [0.2, 0.25) is 0 Å². The van der Waals surface area contributed by atoms with E-state index >= 15 is 0 Å². The highest BCUT2D eigenvalue weighted by molar-refractivity contribution is 7.12. The molecule has 2 heterocycles. The summed E-state index contributed by atoms with van der Waals surface area (Å²) in [7, 11) is 0.